The lowest BCUT2D eigenvalue weighted by Gasteiger charge is -2.36. The van der Waals surface area contributed by atoms with E-state index in [4.69, 9.17) is 9.41 Å². The maximum atomic E-state index is 12.4. The molecule has 0 bridgehead atoms. The largest absolute Gasteiger partial charge is 0.459 e. The van der Waals surface area contributed by atoms with Crippen molar-refractivity contribution in [1.82, 2.24) is 15.1 Å². The van der Waals surface area contributed by atoms with Gasteiger partial charge in [-0.15, -0.1) is 0 Å². The summed E-state index contributed by atoms with van der Waals surface area (Å²) >= 11 is 0. The van der Waals surface area contributed by atoms with Crippen molar-refractivity contribution in [2.24, 2.45) is 4.99 Å². The van der Waals surface area contributed by atoms with Crippen LogP contribution in [0.25, 0.3) is 0 Å². The zero-order valence-electron chi connectivity index (χ0n) is 16.1. The minimum Gasteiger partial charge on any atom is -0.459 e. The van der Waals surface area contributed by atoms with Gasteiger partial charge in [-0.3, -0.25) is 9.79 Å². The van der Waals surface area contributed by atoms with Gasteiger partial charge in [-0.25, -0.2) is 0 Å². The van der Waals surface area contributed by atoms with E-state index in [-0.39, 0.29) is 5.91 Å². The van der Waals surface area contributed by atoms with Crippen LogP contribution in [0.2, 0.25) is 0 Å². The van der Waals surface area contributed by atoms with E-state index in [2.05, 4.69) is 48.3 Å². The molecule has 144 valence electrons. The topological polar surface area (TPSA) is 61.1 Å². The van der Waals surface area contributed by atoms with Crippen molar-refractivity contribution in [1.29, 1.82) is 0 Å². The van der Waals surface area contributed by atoms with Gasteiger partial charge in [0, 0.05) is 39.3 Å². The van der Waals surface area contributed by atoms with E-state index < -0.39 is 0 Å². The highest BCUT2D eigenvalue weighted by Gasteiger charge is 2.25. The van der Waals surface area contributed by atoms with Crippen LogP contribution in [-0.2, 0) is 6.42 Å². The molecule has 1 aromatic carbocycles. The van der Waals surface area contributed by atoms with Gasteiger partial charge in [0.1, 0.15) is 0 Å². The summed E-state index contributed by atoms with van der Waals surface area (Å²) in [4.78, 5) is 21.2. The van der Waals surface area contributed by atoms with Crippen LogP contribution in [0.3, 0.4) is 0 Å². The minimum absolute atomic E-state index is 0.0408. The first-order valence-corrected chi connectivity index (χ1v) is 9.59. The van der Waals surface area contributed by atoms with Crippen LogP contribution in [0, 0.1) is 6.92 Å². The van der Waals surface area contributed by atoms with Crippen molar-refractivity contribution in [2.45, 2.75) is 20.3 Å². The molecule has 1 N–H and O–H groups in total. The Hall–Kier alpha value is -2.76. The zero-order chi connectivity index (χ0) is 19.1. The molecule has 1 saturated heterocycles. The van der Waals surface area contributed by atoms with E-state index in [0.717, 1.165) is 38.6 Å². The molecule has 3 rings (SSSR count). The quantitative estimate of drug-likeness (QED) is 0.651. The van der Waals surface area contributed by atoms with Gasteiger partial charge in [-0.1, -0.05) is 29.8 Å². The Kier molecular flexibility index (Phi) is 6.52. The van der Waals surface area contributed by atoms with Crippen molar-refractivity contribution in [2.75, 3.05) is 39.3 Å². The number of guanidine groups is 1. The predicted molar refractivity (Wildman–Crippen MR) is 107 cm³/mol. The summed E-state index contributed by atoms with van der Waals surface area (Å²) in [5, 5.41) is 3.37. The molecule has 0 unspecified atom stereocenters. The molecule has 0 spiro atoms. The van der Waals surface area contributed by atoms with Gasteiger partial charge < -0.3 is 19.5 Å². The first kappa shape index (κ1) is 19.0. The SMILES string of the molecule is CCNC(=NCCc1ccc(C)cc1)N1CCN(C(=O)c2ccco2)CC1. The number of carbonyl (C=O) groups excluding carboxylic acids is 1. The third-order valence-corrected chi connectivity index (χ3v) is 4.72. The lowest BCUT2D eigenvalue weighted by atomic mass is 10.1. The van der Waals surface area contributed by atoms with Crippen molar-refractivity contribution < 1.29 is 9.21 Å². The van der Waals surface area contributed by atoms with Crippen LogP contribution >= 0.6 is 0 Å². The minimum atomic E-state index is -0.0408. The van der Waals surface area contributed by atoms with Crippen LogP contribution in [0.5, 0.6) is 0 Å². The maximum absolute atomic E-state index is 12.4. The molecule has 0 radical (unpaired) electrons. The molecule has 1 fully saturated rings. The van der Waals surface area contributed by atoms with Crippen LogP contribution in [-0.4, -0.2) is 60.9 Å². The fourth-order valence-corrected chi connectivity index (χ4v) is 3.15. The normalized spacial score (nSPS) is 15.1. The summed E-state index contributed by atoms with van der Waals surface area (Å²) in [6.45, 7) is 8.62. The number of amides is 1. The Morgan fingerprint density at radius 2 is 1.81 bits per heavy atom. The van der Waals surface area contributed by atoms with Crippen molar-refractivity contribution in [3.63, 3.8) is 0 Å². The summed E-state index contributed by atoms with van der Waals surface area (Å²) in [5.74, 6) is 1.29. The average Bonchev–Trinajstić information content (AvgIpc) is 3.23. The number of rotatable bonds is 5. The molecule has 1 aliphatic rings. The molecular formula is C21H28N4O2. The molecule has 1 amide bonds. The second-order valence-corrected chi connectivity index (χ2v) is 6.73. The Morgan fingerprint density at radius 3 is 2.44 bits per heavy atom. The molecule has 27 heavy (non-hydrogen) atoms. The highest BCUT2D eigenvalue weighted by atomic mass is 16.3. The number of piperazine rings is 1. The number of benzene rings is 1. The monoisotopic (exact) mass is 368 g/mol. The second-order valence-electron chi connectivity index (χ2n) is 6.73. The van der Waals surface area contributed by atoms with Crippen LogP contribution in [0.4, 0.5) is 0 Å². The summed E-state index contributed by atoms with van der Waals surface area (Å²) < 4.78 is 5.22. The van der Waals surface area contributed by atoms with Gasteiger partial charge in [-0.05, 0) is 38.0 Å². The zero-order valence-corrected chi connectivity index (χ0v) is 16.1. The van der Waals surface area contributed by atoms with Gasteiger partial charge in [0.15, 0.2) is 11.7 Å². The number of hydrogen-bond acceptors (Lipinski definition) is 3. The van der Waals surface area contributed by atoms with Gasteiger partial charge in [-0.2, -0.15) is 0 Å². The number of carbonyl (C=O) groups is 1. The molecule has 1 aliphatic heterocycles. The predicted octanol–water partition coefficient (Wildman–Crippen LogP) is 2.55. The lowest BCUT2D eigenvalue weighted by molar-refractivity contribution is 0.0657. The molecule has 0 atom stereocenters. The van der Waals surface area contributed by atoms with E-state index in [1.807, 2.05) is 4.90 Å². The third-order valence-electron chi connectivity index (χ3n) is 4.72. The molecular weight excluding hydrogens is 340 g/mol. The molecule has 0 saturated carbocycles. The van der Waals surface area contributed by atoms with Gasteiger partial charge in [0.2, 0.25) is 0 Å². The Morgan fingerprint density at radius 1 is 1.11 bits per heavy atom. The first-order chi connectivity index (χ1) is 13.2. The van der Waals surface area contributed by atoms with Crippen LogP contribution < -0.4 is 5.32 Å². The molecule has 0 aliphatic carbocycles. The number of nitrogens with one attached hydrogen (secondary N) is 1. The Labute approximate surface area is 160 Å². The van der Waals surface area contributed by atoms with Crippen LogP contribution in [0.1, 0.15) is 28.6 Å². The van der Waals surface area contributed by atoms with E-state index in [1.165, 1.54) is 17.4 Å². The van der Waals surface area contributed by atoms with Crippen molar-refractivity contribution >= 4 is 11.9 Å². The van der Waals surface area contributed by atoms with E-state index >= 15 is 0 Å². The summed E-state index contributed by atoms with van der Waals surface area (Å²) in [7, 11) is 0. The van der Waals surface area contributed by atoms with Crippen molar-refractivity contribution in [3.8, 4) is 0 Å². The number of aliphatic imine (C=N–C) groups is 1. The number of hydrogen-bond donors (Lipinski definition) is 1. The van der Waals surface area contributed by atoms with Crippen LogP contribution in [0.15, 0.2) is 52.1 Å². The standard InChI is InChI=1S/C21H28N4O2/c1-3-22-21(23-11-10-18-8-6-17(2)7-9-18)25-14-12-24(13-15-25)20(26)19-5-4-16-27-19/h4-9,16H,3,10-15H2,1-2H3,(H,22,23). The first-order valence-electron chi connectivity index (χ1n) is 9.59. The summed E-state index contributed by atoms with van der Waals surface area (Å²) in [6.07, 6.45) is 2.46. The average molecular weight is 368 g/mol. The van der Waals surface area contributed by atoms with Crippen molar-refractivity contribution in [3.05, 3.63) is 59.5 Å². The smallest absolute Gasteiger partial charge is 0.289 e. The number of aryl methyl sites for hydroxylation is 1. The fraction of sp³-hybridized carbons (Fsp3) is 0.429. The fourth-order valence-electron chi connectivity index (χ4n) is 3.15. The highest BCUT2D eigenvalue weighted by molar-refractivity contribution is 5.91. The number of nitrogens with zero attached hydrogens (tertiary/aromatic N) is 3. The van der Waals surface area contributed by atoms with Gasteiger partial charge >= 0.3 is 0 Å². The summed E-state index contributed by atoms with van der Waals surface area (Å²) in [6, 6.07) is 12.1. The molecule has 6 heteroatoms. The third kappa shape index (κ3) is 5.12. The lowest BCUT2D eigenvalue weighted by Crippen LogP contribution is -2.53. The molecule has 1 aromatic heterocycles. The van der Waals surface area contributed by atoms with E-state index in [0.29, 0.717) is 18.8 Å². The van der Waals surface area contributed by atoms with E-state index in [9.17, 15) is 4.79 Å². The second kappa shape index (κ2) is 9.26. The Balaban J connectivity index is 1.54. The summed E-state index contributed by atoms with van der Waals surface area (Å²) in [5.41, 5.74) is 2.58. The maximum Gasteiger partial charge on any atom is 0.289 e. The van der Waals surface area contributed by atoms with Gasteiger partial charge in [0.05, 0.1) is 6.26 Å². The molecule has 2 heterocycles. The molecule has 6 nitrogen and oxygen atoms in total. The highest BCUT2D eigenvalue weighted by Crippen LogP contribution is 2.10. The Bertz CT molecular complexity index is 745. The van der Waals surface area contributed by atoms with E-state index in [1.54, 1.807) is 12.1 Å². The number of furan rings is 1. The van der Waals surface area contributed by atoms with Gasteiger partial charge in [0.25, 0.3) is 5.91 Å². The molecule has 2 aromatic rings.